The van der Waals surface area contributed by atoms with E-state index in [2.05, 4.69) is 10.5 Å². The van der Waals surface area contributed by atoms with Gasteiger partial charge in [0.2, 0.25) is 0 Å². The first-order chi connectivity index (χ1) is 16.3. The summed E-state index contributed by atoms with van der Waals surface area (Å²) in [6.07, 6.45) is 4.07. The molecule has 0 heterocycles. The maximum absolute atomic E-state index is 13.5. The second-order valence-corrected chi connectivity index (χ2v) is 10.6. The number of hydrazone groups is 1. The van der Waals surface area contributed by atoms with E-state index in [1.165, 1.54) is 4.31 Å². The molecule has 0 radical (unpaired) electrons. The van der Waals surface area contributed by atoms with Crippen molar-refractivity contribution in [2.24, 2.45) is 5.10 Å². The summed E-state index contributed by atoms with van der Waals surface area (Å²) in [6, 6.07) is 20.3. The molecule has 6 nitrogen and oxygen atoms in total. The molecule has 0 spiro atoms. The molecule has 0 saturated heterocycles. The van der Waals surface area contributed by atoms with Gasteiger partial charge in [-0.2, -0.15) is 5.10 Å². The van der Waals surface area contributed by atoms with Gasteiger partial charge in [0, 0.05) is 16.3 Å². The first kappa shape index (κ1) is 24.0. The van der Waals surface area contributed by atoms with Crippen molar-refractivity contribution >= 4 is 38.9 Å². The lowest BCUT2D eigenvalue weighted by atomic mass is 10.1. The van der Waals surface area contributed by atoms with Gasteiger partial charge in [-0.05, 0) is 80.6 Å². The Hall–Kier alpha value is -3.16. The lowest BCUT2D eigenvalue weighted by Crippen LogP contribution is -2.30. The van der Waals surface area contributed by atoms with Crippen LogP contribution in [-0.4, -0.2) is 20.0 Å². The molecule has 0 aliphatic heterocycles. The van der Waals surface area contributed by atoms with Crippen LogP contribution in [0.2, 0.25) is 5.02 Å². The summed E-state index contributed by atoms with van der Waals surface area (Å²) in [6.45, 7) is 1.99. The highest BCUT2D eigenvalue weighted by atomic mass is 35.5. The number of benzene rings is 3. The highest BCUT2D eigenvalue weighted by Crippen LogP contribution is 2.28. The van der Waals surface area contributed by atoms with E-state index >= 15 is 0 Å². The summed E-state index contributed by atoms with van der Waals surface area (Å²) in [5, 5.41) is 4.65. The maximum atomic E-state index is 13.5. The average molecular weight is 496 g/mol. The summed E-state index contributed by atoms with van der Waals surface area (Å²) in [7, 11) is -3.85. The van der Waals surface area contributed by atoms with E-state index < -0.39 is 10.0 Å². The number of nitrogens with one attached hydrogen (secondary N) is 1. The molecule has 34 heavy (non-hydrogen) atoms. The Morgan fingerprint density at radius 1 is 1.00 bits per heavy atom. The second kappa shape index (κ2) is 10.4. The Bertz CT molecular complexity index is 1300. The van der Waals surface area contributed by atoms with Gasteiger partial charge in [-0.15, -0.1) is 0 Å². The third kappa shape index (κ3) is 5.66. The Morgan fingerprint density at radius 2 is 1.68 bits per heavy atom. The zero-order valence-corrected chi connectivity index (χ0v) is 20.4. The highest BCUT2D eigenvalue weighted by Gasteiger charge is 2.25. The maximum Gasteiger partial charge on any atom is 0.271 e. The van der Waals surface area contributed by atoms with Crippen LogP contribution in [0.25, 0.3) is 0 Å². The zero-order chi connectivity index (χ0) is 24.1. The van der Waals surface area contributed by atoms with Gasteiger partial charge in [0.15, 0.2) is 0 Å². The number of aryl methyl sites for hydroxylation is 1. The van der Waals surface area contributed by atoms with E-state index in [4.69, 9.17) is 11.6 Å². The fourth-order valence-electron chi connectivity index (χ4n) is 3.80. The van der Waals surface area contributed by atoms with Crippen LogP contribution in [0.15, 0.2) is 82.8 Å². The molecule has 1 aliphatic rings. The van der Waals surface area contributed by atoms with Crippen LogP contribution >= 0.6 is 11.6 Å². The minimum Gasteiger partial charge on any atom is -0.267 e. The highest BCUT2D eigenvalue weighted by molar-refractivity contribution is 7.92. The summed E-state index contributed by atoms with van der Waals surface area (Å²) in [5.41, 5.74) is 6.25. The number of nitrogens with zero attached hydrogens (tertiary/aromatic N) is 2. The first-order valence-electron chi connectivity index (χ1n) is 11.1. The molecule has 1 saturated carbocycles. The van der Waals surface area contributed by atoms with Crippen LogP contribution in [0.4, 0.5) is 5.69 Å². The molecule has 3 aromatic rings. The number of anilines is 1. The summed E-state index contributed by atoms with van der Waals surface area (Å²) >= 11 is 6.16. The number of carbonyl (C=O) groups excluding carboxylic acids is 1. The van der Waals surface area contributed by atoms with Crippen molar-refractivity contribution in [1.29, 1.82) is 0 Å². The Kier molecular flexibility index (Phi) is 7.34. The minimum absolute atomic E-state index is 0.0841. The second-order valence-electron chi connectivity index (χ2n) is 8.33. The van der Waals surface area contributed by atoms with E-state index in [0.717, 1.165) is 42.5 Å². The summed E-state index contributed by atoms with van der Waals surface area (Å²) in [4.78, 5) is 12.6. The van der Waals surface area contributed by atoms with Crippen molar-refractivity contribution in [2.75, 3.05) is 4.31 Å². The average Bonchev–Trinajstić information content (AvgIpc) is 3.35. The van der Waals surface area contributed by atoms with Crippen molar-refractivity contribution in [3.05, 3.63) is 94.5 Å². The molecule has 1 amide bonds. The number of carbonyl (C=O) groups is 1. The molecule has 1 N–H and O–H groups in total. The smallest absolute Gasteiger partial charge is 0.267 e. The molecule has 3 aromatic carbocycles. The minimum atomic E-state index is -3.85. The molecular weight excluding hydrogens is 470 g/mol. The standard InChI is InChI=1S/C26H26ClN3O3S/c1-19-9-15-25(16-10-19)34(32,33)30(24-8-4-5-22(27)17-24)18-20-11-13-21(14-12-20)26(31)29-28-23-6-2-3-7-23/h4-5,8-17H,2-3,6-7,18H2,1H3,(H,29,31). The van der Waals surface area contributed by atoms with Crippen LogP contribution < -0.4 is 9.73 Å². The Balaban J connectivity index is 1.58. The summed E-state index contributed by atoms with van der Waals surface area (Å²) in [5.74, 6) is -0.287. The number of rotatable bonds is 7. The summed E-state index contributed by atoms with van der Waals surface area (Å²) < 4.78 is 28.4. The predicted molar refractivity (Wildman–Crippen MR) is 136 cm³/mol. The van der Waals surface area contributed by atoms with Crippen LogP contribution in [0.1, 0.15) is 47.2 Å². The van der Waals surface area contributed by atoms with E-state index in [0.29, 0.717) is 16.3 Å². The molecule has 1 fully saturated rings. The first-order valence-corrected chi connectivity index (χ1v) is 12.9. The van der Waals surface area contributed by atoms with Crippen molar-refractivity contribution in [1.82, 2.24) is 5.43 Å². The van der Waals surface area contributed by atoms with E-state index in [1.807, 2.05) is 6.92 Å². The quantitative estimate of drug-likeness (QED) is 0.427. The number of hydrogen-bond donors (Lipinski definition) is 1. The van der Waals surface area contributed by atoms with Gasteiger partial charge in [-0.25, -0.2) is 13.8 Å². The zero-order valence-electron chi connectivity index (χ0n) is 18.9. The van der Waals surface area contributed by atoms with Crippen molar-refractivity contribution in [3.63, 3.8) is 0 Å². The van der Waals surface area contributed by atoms with Crippen molar-refractivity contribution in [3.8, 4) is 0 Å². The normalized spacial score (nSPS) is 13.5. The number of amides is 1. The van der Waals surface area contributed by atoms with Crippen LogP contribution in [0.3, 0.4) is 0 Å². The van der Waals surface area contributed by atoms with Crippen molar-refractivity contribution in [2.45, 2.75) is 44.0 Å². The molecule has 0 unspecified atom stereocenters. The molecule has 176 valence electrons. The Morgan fingerprint density at radius 3 is 2.32 bits per heavy atom. The van der Waals surface area contributed by atoms with Crippen LogP contribution in [-0.2, 0) is 16.6 Å². The predicted octanol–water partition coefficient (Wildman–Crippen LogP) is 5.70. The van der Waals surface area contributed by atoms with Gasteiger partial charge in [0.1, 0.15) is 0 Å². The van der Waals surface area contributed by atoms with Gasteiger partial charge in [0.25, 0.3) is 15.9 Å². The third-order valence-corrected chi connectivity index (χ3v) is 7.77. The molecule has 0 bridgehead atoms. The SMILES string of the molecule is Cc1ccc(S(=O)(=O)N(Cc2ccc(C(=O)NN=C3CCCC3)cc2)c2cccc(Cl)c2)cc1. The molecule has 1 aliphatic carbocycles. The molecular formula is C26H26ClN3O3S. The van der Waals surface area contributed by atoms with Gasteiger partial charge < -0.3 is 0 Å². The van der Waals surface area contributed by atoms with Gasteiger partial charge in [-0.1, -0.05) is 47.5 Å². The molecule has 0 aromatic heterocycles. The largest absolute Gasteiger partial charge is 0.271 e. The monoisotopic (exact) mass is 495 g/mol. The molecule has 0 atom stereocenters. The fraction of sp³-hybridized carbons (Fsp3) is 0.231. The van der Waals surface area contributed by atoms with Gasteiger partial charge >= 0.3 is 0 Å². The fourth-order valence-corrected chi connectivity index (χ4v) is 5.43. The van der Waals surface area contributed by atoms with Crippen molar-refractivity contribution < 1.29 is 13.2 Å². The number of halogens is 1. The van der Waals surface area contributed by atoms with E-state index in [9.17, 15) is 13.2 Å². The van der Waals surface area contributed by atoms with Gasteiger partial charge in [0.05, 0.1) is 17.1 Å². The third-order valence-electron chi connectivity index (χ3n) is 5.74. The number of hydrogen-bond acceptors (Lipinski definition) is 4. The van der Waals surface area contributed by atoms with E-state index in [1.54, 1.807) is 72.8 Å². The van der Waals surface area contributed by atoms with Crippen LogP contribution in [0, 0.1) is 6.92 Å². The Labute approximate surface area is 205 Å². The molecule has 4 rings (SSSR count). The lowest BCUT2D eigenvalue weighted by Gasteiger charge is -2.25. The van der Waals surface area contributed by atoms with Crippen LogP contribution in [0.5, 0.6) is 0 Å². The topological polar surface area (TPSA) is 78.8 Å². The van der Waals surface area contributed by atoms with Gasteiger partial charge in [-0.3, -0.25) is 9.10 Å². The molecule has 8 heteroatoms. The lowest BCUT2D eigenvalue weighted by molar-refractivity contribution is 0.0954. The van der Waals surface area contributed by atoms with E-state index in [-0.39, 0.29) is 17.3 Å². The number of sulfonamides is 1.